The van der Waals surface area contributed by atoms with Gasteiger partial charge in [-0.2, -0.15) is 0 Å². The van der Waals surface area contributed by atoms with Crippen molar-refractivity contribution in [1.82, 2.24) is 4.98 Å². The van der Waals surface area contributed by atoms with Gasteiger partial charge in [-0.05, 0) is 30.0 Å². The van der Waals surface area contributed by atoms with E-state index in [4.69, 9.17) is 0 Å². The van der Waals surface area contributed by atoms with Gasteiger partial charge in [0.05, 0.1) is 5.75 Å². The second kappa shape index (κ2) is 6.87. The molecule has 0 N–H and O–H groups in total. The number of aryl methyl sites for hydroxylation is 2. The molecular formula is C15H17NOS2. The van der Waals surface area contributed by atoms with Crippen LogP contribution in [0.5, 0.6) is 0 Å². The van der Waals surface area contributed by atoms with Crippen LogP contribution in [-0.2, 0) is 12.8 Å². The van der Waals surface area contributed by atoms with Crippen molar-refractivity contribution in [1.29, 1.82) is 0 Å². The minimum absolute atomic E-state index is 0.201. The van der Waals surface area contributed by atoms with E-state index in [2.05, 4.69) is 31.0 Å². The first-order valence-electron chi connectivity index (χ1n) is 6.41. The third-order valence-corrected chi connectivity index (χ3v) is 4.97. The molecule has 0 fully saturated rings. The van der Waals surface area contributed by atoms with Crippen LogP contribution >= 0.6 is 23.1 Å². The highest BCUT2D eigenvalue weighted by molar-refractivity contribution is 8.01. The van der Waals surface area contributed by atoms with Gasteiger partial charge in [-0.1, -0.05) is 37.7 Å². The maximum absolute atomic E-state index is 12.3. The molecule has 2 nitrogen and oxygen atoms in total. The summed E-state index contributed by atoms with van der Waals surface area (Å²) in [6, 6.07) is 6.24. The Hall–Kier alpha value is -1.13. The lowest BCUT2D eigenvalue weighted by Crippen LogP contribution is -2.07. The van der Waals surface area contributed by atoms with Crippen LogP contribution < -0.4 is 0 Å². The molecule has 1 heterocycles. The summed E-state index contributed by atoms with van der Waals surface area (Å²) < 4.78 is 0.957. The largest absolute Gasteiger partial charge is 0.293 e. The van der Waals surface area contributed by atoms with E-state index in [1.54, 1.807) is 17.5 Å². The van der Waals surface area contributed by atoms with Gasteiger partial charge in [0.1, 0.15) is 4.34 Å². The molecule has 1 aromatic carbocycles. The third-order valence-electron chi connectivity index (χ3n) is 3.00. The molecule has 0 atom stereocenters. The summed E-state index contributed by atoms with van der Waals surface area (Å²) >= 11 is 3.10. The Bertz CT molecular complexity index is 549. The number of carbonyl (C=O) groups is 1. The van der Waals surface area contributed by atoms with Crippen molar-refractivity contribution in [2.45, 2.75) is 31.0 Å². The number of aromatic nitrogens is 1. The molecule has 0 saturated heterocycles. The molecule has 1 aromatic heterocycles. The fourth-order valence-electron chi connectivity index (χ4n) is 1.90. The number of thioether (sulfide) groups is 1. The van der Waals surface area contributed by atoms with Crippen molar-refractivity contribution >= 4 is 28.9 Å². The first-order valence-corrected chi connectivity index (χ1v) is 8.28. The van der Waals surface area contributed by atoms with Gasteiger partial charge in [0, 0.05) is 17.1 Å². The zero-order valence-electron chi connectivity index (χ0n) is 11.2. The van der Waals surface area contributed by atoms with E-state index >= 15 is 0 Å². The second-order valence-corrected chi connectivity index (χ2v) is 6.33. The zero-order chi connectivity index (χ0) is 13.7. The molecular weight excluding hydrogens is 274 g/mol. The first kappa shape index (κ1) is 14.3. The number of ketones is 1. The van der Waals surface area contributed by atoms with Crippen LogP contribution in [0.4, 0.5) is 0 Å². The van der Waals surface area contributed by atoms with Gasteiger partial charge in [-0.15, -0.1) is 11.3 Å². The van der Waals surface area contributed by atoms with Crippen LogP contribution in [0.1, 0.15) is 35.3 Å². The monoisotopic (exact) mass is 291 g/mol. The lowest BCUT2D eigenvalue weighted by atomic mass is 9.98. The van der Waals surface area contributed by atoms with Crippen LogP contribution in [-0.4, -0.2) is 16.5 Å². The lowest BCUT2D eigenvalue weighted by molar-refractivity contribution is 0.102. The van der Waals surface area contributed by atoms with Crippen LogP contribution in [0.25, 0.3) is 0 Å². The SMILES string of the molecule is CCc1ccc(CC)c(C(=O)CSc2nccs2)c1. The highest BCUT2D eigenvalue weighted by Crippen LogP contribution is 2.23. The molecule has 0 aliphatic rings. The van der Waals surface area contributed by atoms with Crippen LogP contribution in [0.2, 0.25) is 0 Å². The van der Waals surface area contributed by atoms with E-state index in [1.165, 1.54) is 17.3 Å². The molecule has 0 radical (unpaired) electrons. The Labute approximate surface area is 122 Å². The fraction of sp³-hybridized carbons (Fsp3) is 0.333. The number of hydrogen-bond acceptors (Lipinski definition) is 4. The van der Waals surface area contributed by atoms with Gasteiger partial charge in [0.2, 0.25) is 0 Å². The van der Waals surface area contributed by atoms with E-state index < -0.39 is 0 Å². The third kappa shape index (κ3) is 3.67. The van der Waals surface area contributed by atoms with Crippen molar-refractivity contribution in [2.24, 2.45) is 0 Å². The average molecular weight is 291 g/mol. The van der Waals surface area contributed by atoms with Gasteiger partial charge in [0.15, 0.2) is 5.78 Å². The maximum atomic E-state index is 12.3. The highest BCUT2D eigenvalue weighted by atomic mass is 32.2. The molecule has 0 spiro atoms. The Kier molecular flexibility index (Phi) is 5.16. The summed E-state index contributed by atoms with van der Waals surface area (Å²) in [4.78, 5) is 16.5. The quantitative estimate of drug-likeness (QED) is 0.589. The summed E-state index contributed by atoms with van der Waals surface area (Å²) in [5, 5.41) is 1.93. The number of thiazole rings is 1. The summed E-state index contributed by atoms with van der Waals surface area (Å²) in [7, 11) is 0. The number of rotatable bonds is 6. The molecule has 0 bridgehead atoms. The topological polar surface area (TPSA) is 30.0 Å². The minimum atomic E-state index is 0.201. The molecule has 0 aliphatic carbocycles. The molecule has 4 heteroatoms. The van der Waals surface area contributed by atoms with E-state index in [1.807, 2.05) is 11.4 Å². The average Bonchev–Trinajstić information content (AvgIpc) is 2.97. The lowest BCUT2D eigenvalue weighted by Gasteiger charge is -2.08. The first-order chi connectivity index (χ1) is 9.24. The summed E-state index contributed by atoms with van der Waals surface area (Å²) in [5.74, 6) is 0.667. The van der Waals surface area contributed by atoms with E-state index in [0.717, 1.165) is 28.3 Å². The number of hydrogen-bond donors (Lipinski definition) is 0. The van der Waals surface area contributed by atoms with Crippen molar-refractivity contribution in [3.05, 3.63) is 46.5 Å². The molecule has 0 unspecified atom stereocenters. The fourth-order valence-corrected chi connectivity index (χ4v) is 3.42. The number of carbonyl (C=O) groups excluding carboxylic acids is 1. The molecule has 0 aliphatic heterocycles. The molecule has 0 amide bonds. The van der Waals surface area contributed by atoms with Crippen LogP contribution in [0, 0.1) is 0 Å². The zero-order valence-corrected chi connectivity index (χ0v) is 12.8. The standard InChI is InChI=1S/C15H17NOS2/c1-3-11-5-6-12(4-2)13(9-11)14(17)10-19-15-16-7-8-18-15/h5-9H,3-4,10H2,1-2H3. The summed E-state index contributed by atoms with van der Waals surface area (Å²) in [5.41, 5.74) is 3.24. The van der Waals surface area contributed by atoms with Crippen molar-refractivity contribution in [3.8, 4) is 0 Å². The number of Topliss-reactive ketones (excluding diaryl/α,β-unsaturated/α-hetero) is 1. The van der Waals surface area contributed by atoms with Crippen LogP contribution in [0.15, 0.2) is 34.1 Å². The normalized spacial score (nSPS) is 10.6. The minimum Gasteiger partial charge on any atom is -0.293 e. The second-order valence-electron chi connectivity index (χ2n) is 4.21. The van der Waals surface area contributed by atoms with Crippen LogP contribution in [0.3, 0.4) is 0 Å². The van der Waals surface area contributed by atoms with E-state index in [0.29, 0.717) is 5.75 Å². The predicted molar refractivity (Wildman–Crippen MR) is 82.4 cm³/mol. The van der Waals surface area contributed by atoms with Gasteiger partial charge in [-0.3, -0.25) is 4.79 Å². The van der Waals surface area contributed by atoms with Gasteiger partial charge >= 0.3 is 0 Å². The molecule has 2 rings (SSSR count). The van der Waals surface area contributed by atoms with Crippen molar-refractivity contribution in [2.75, 3.05) is 5.75 Å². The highest BCUT2D eigenvalue weighted by Gasteiger charge is 2.12. The van der Waals surface area contributed by atoms with E-state index in [9.17, 15) is 4.79 Å². The predicted octanol–water partition coefficient (Wildman–Crippen LogP) is 4.24. The molecule has 19 heavy (non-hydrogen) atoms. The van der Waals surface area contributed by atoms with Gasteiger partial charge in [-0.25, -0.2) is 4.98 Å². The Morgan fingerprint density at radius 3 is 2.79 bits per heavy atom. The smallest absolute Gasteiger partial charge is 0.173 e. The van der Waals surface area contributed by atoms with Gasteiger partial charge < -0.3 is 0 Å². The van der Waals surface area contributed by atoms with Gasteiger partial charge in [0.25, 0.3) is 0 Å². The number of nitrogens with zero attached hydrogens (tertiary/aromatic N) is 1. The molecule has 0 saturated carbocycles. The molecule has 2 aromatic rings. The number of benzene rings is 1. The van der Waals surface area contributed by atoms with Crippen molar-refractivity contribution < 1.29 is 4.79 Å². The summed E-state index contributed by atoms with van der Waals surface area (Å²) in [6.45, 7) is 4.20. The Morgan fingerprint density at radius 2 is 2.16 bits per heavy atom. The van der Waals surface area contributed by atoms with E-state index in [-0.39, 0.29) is 5.78 Å². The Morgan fingerprint density at radius 1 is 1.32 bits per heavy atom. The summed E-state index contributed by atoms with van der Waals surface area (Å²) in [6.07, 6.45) is 3.63. The van der Waals surface area contributed by atoms with Crippen molar-refractivity contribution in [3.63, 3.8) is 0 Å². The molecule has 100 valence electrons. The Balaban J connectivity index is 2.12. The maximum Gasteiger partial charge on any atom is 0.173 e.